The summed E-state index contributed by atoms with van der Waals surface area (Å²) in [4.78, 5) is 24.2. The summed E-state index contributed by atoms with van der Waals surface area (Å²) >= 11 is 0. The number of amides is 1. The SMILES string of the molecule is Cc1ccc(Cn2nc(C)c(/C=C/C(=O)OCC(=O)NC3CCCCC3C)c2C)cc1. The van der Waals surface area contributed by atoms with Crippen molar-refractivity contribution >= 4 is 18.0 Å². The summed E-state index contributed by atoms with van der Waals surface area (Å²) in [5.41, 5.74) is 5.11. The van der Waals surface area contributed by atoms with Crippen molar-refractivity contribution in [3.05, 3.63) is 58.4 Å². The van der Waals surface area contributed by atoms with Crippen molar-refractivity contribution in [1.29, 1.82) is 0 Å². The van der Waals surface area contributed by atoms with Crippen LogP contribution in [0.1, 0.15) is 60.7 Å². The van der Waals surface area contributed by atoms with Gasteiger partial charge in [-0.15, -0.1) is 0 Å². The van der Waals surface area contributed by atoms with Gasteiger partial charge < -0.3 is 10.1 Å². The Labute approximate surface area is 184 Å². The molecule has 6 heteroatoms. The van der Waals surface area contributed by atoms with Gasteiger partial charge in [0.2, 0.25) is 0 Å². The van der Waals surface area contributed by atoms with Crippen molar-refractivity contribution < 1.29 is 14.3 Å². The number of benzene rings is 1. The normalized spacial score (nSPS) is 18.8. The van der Waals surface area contributed by atoms with Crippen LogP contribution in [0.5, 0.6) is 0 Å². The molecule has 2 unspecified atom stereocenters. The third-order valence-electron chi connectivity index (χ3n) is 6.08. The third kappa shape index (κ3) is 6.29. The highest BCUT2D eigenvalue weighted by Crippen LogP contribution is 2.23. The average Bonchev–Trinajstić information content (AvgIpc) is 3.01. The third-order valence-corrected chi connectivity index (χ3v) is 6.08. The van der Waals surface area contributed by atoms with E-state index in [9.17, 15) is 9.59 Å². The van der Waals surface area contributed by atoms with Gasteiger partial charge in [-0.25, -0.2) is 4.79 Å². The fourth-order valence-corrected chi connectivity index (χ4v) is 4.09. The number of hydrogen-bond acceptors (Lipinski definition) is 4. The zero-order valence-electron chi connectivity index (χ0n) is 19.0. The van der Waals surface area contributed by atoms with Crippen LogP contribution in [0.3, 0.4) is 0 Å². The summed E-state index contributed by atoms with van der Waals surface area (Å²) in [5, 5.41) is 7.59. The summed E-state index contributed by atoms with van der Waals surface area (Å²) in [6.45, 7) is 8.54. The number of rotatable bonds is 7. The van der Waals surface area contributed by atoms with E-state index >= 15 is 0 Å². The van der Waals surface area contributed by atoms with Crippen molar-refractivity contribution in [1.82, 2.24) is 15.1 Å². The predicted octanol–water partition coefficient (Wildman–Crippen LogP) is 4.11. The van der Waals surface area contributed by atoms with Crippen LogP contribution in [-0.4, -0.2) is 34.3 Å². The highest BCUT2D eigenvalue weighted by Gasteiger charge is 2.23. The van der Waals surface area contributed by atoms with E-state index in [1.807, 2.05) is 18.5 Å². The number of carbonyl (C=O) groups excluding carboxylic acids is 2. The van der Waals surface area contributed by atoms with Gasteiger partial charge in [0.25, 0.3) is 5.91 Å². The van der Waals surface area contributed by atoms with Gasteiger partial charge in [-0.3, -0.25) is 9.48 Å². The molecule has 2 atom stereocenters. The second kappa shape index (κ2) is 10.4. The Morgan fingerprint density at radius 1 is 1.16 bits per heavy atom. The smallest absolute Gasteiger partial charge is 0.331 e. The molecule has 6 nitrogen and oxygen atoms in total. The molecule has 1 N–H and O–H groups in total. The van der Waals surface area contributed by atoms with Crippen molar-refractivity contribution in [2.45, 2.75) is 66.0 Å². The Morgan fingerprint density at radius 3 is 2.58 bits per heavy atom. The van der Waals surface area contributed by atoms with Crippen LogP contribution < -0.4 is 5.32 Å². The van der Waals surface area contributed by atoms with E-state index in [4.69, 9.17) is 4.74 Å². The topological polar surface area (TPSA) is 73.2 Å². The number of nitrogens with one attached hydrogen (secondary N) is 1. The number of ether oxygens (including phenoxy) is 1. The maximum absolute atomic E-state index is 12.1. The number of aromatic nitrogens is 2. The minimum absolute atomic E-state index is 0.181. The Balaban J connectivity index is 1.53. The predicted molar refractivity (Wildman–Crippen MR) is 122 cm³/mol. The molecule has 1 amide bonds. The molecule has 1 saturated carbocycles. The zero-order valence-corrected chi connectivity index (χ0v) is 19.0. The number of nitrogens with zero attached hydrogens (tertiary/aromatic N) is 2. The zero-order chi connectivity index (χ0) is 22.4. The first-order valence-corrected chi connectivity index (χ1v) is 11.1. The second-order valence-electron chi connectivity index (χ2n) is 8.60. The molecule has 0 spiro atoms. The van der Waals surface area contributed by atoms with Crippen LogP contribution in [-0.2, 0) is 20.9 Å². The van der Waals surface area contributed by atoms with E-state index < -0.39 is 5.97 Å². The van der Waals surface area contributed by atoms with E-state index in [0.29, 0.717) is 12.5 Å². The maximum Gasteiger partial charge on any atom is 0.331 e. The molecule has 0 saturated heterocycles. The summed E-state index contributed by atoms with van der Waals surface area (Å²) in [6.07, 6.45) is 7.55. The van der Waals surface area contributed by atoms with Gasteiger partial charge >= 0.3 is 5.97 Å². The molecule has 0 aliphatic heterocycles. The molecule has 1 heterocycles. The van der Waals surface area contributed by atoms with Gasteiger partial charge in [-0.05, 0) is 51.2 Å². The fraction of sp³-hybridized carbons (Fsp3) is 0.480. The highest BCUT2D eigenvalue weighted by molar-refractivity contribution is 5.89. The maximum atomic E-state index is 12.1. The minimum atomic E-state index is -0.531. The van der Waals surface area contributed by atoms with Gasteiger partial charge in [0.1, 0.15) is 0 Å². The van der Waals surface area contributed by atoms with Gasteiger partial charge in [-0.1, -0.05) is 49.6 Å². The number of hydrogen-bond donors (Lipinski definition) is 1. The van der Waals surface area contributed by atoms with Crippen LogP contribution in [0.25, 0.3) is 6.08 Å². The van der Waals surface area contributed by atoms with Crippen molar-refractivity contribution in [2.75, 3.05) is 6.61 Å². The lowest BCUT2D eigenvalue weighted by Gasteiger charge is -2.29. The first-order valence-electron chi connectivity index (χ1n) is 11.1. The van der Waals surface area contributed by atoms with E-state index in [1.54, 1.807) is 6.08 Å². The fourth-order valence-electron chi connectivity index (χ4n) is 4.09. The molecule has 0 bridgehead atoms. The number of carbonyl (C=O) groups is 2. The molecule has 0 radical (unpaired) electrons. The molecule has 166 valence electrons. The minimum Gasteiger partial charge on any atom is -0.452 e. The van der Waals surface area contributed by atoms with E-state index in [-0.39, 0.29) is 18.6 Å². The summed E-state index contributed by atoms with van der Waals surface area (Å²) in [5.74, 6) is -0.300. The molecule has 2 aromatic rings. The average molecular weight is 424 g/mol. The van der Waals surface area contributed by atoms with Crippen LogP contribution in [0.2, 0.25) is 0 Å². The Morgan fingerprint density at radius 2 is 1.87 bits per heavy atom. The van der Waals surface area contributed by atoms with Crippen LogP contribution in [0, 0.1) is 26.7 Å². The van der Waals surface area contributed by atoms with Gasteiger partial charge in [-0.2, -0.15) is 5.10 Å². The molecule has 1 aromatic carbocycles. The second-order valence-corrected chi connectivity index (χ2v) is 8.60. The Hall–Kier alpha value is -2.89. The van der Waals surface area contributed by atoms with Gasteiger partial charge in [0.05, 0.1) is 12.2 Å². The van der Waals surface area contributed by atoms with E-state index in [1.165, 1.54) is 23.6 Å². The lowest BCUT2D eigenvalue weighted by Crippen LogP contribution is -2.42. The van der Waals surface area contributed by atoms with Crippen LogP contribution >= 0.6 is 0 Å². The van der Waals surface area contributed by atoms with Crippen LogP contribution in [0.4, 0.5) is 0 Å². The summed E-state index contributed by atoms with van der Waals surface area (Å²) < 4.78 is 7.07. The molecule has 1 aliphatic rings. The van der Waals surface area contributed by atoms with E-state index in [0.717, 1.165) is 36.2 Å². The van der Waals surface area contributed by atoms with Gasteiger partial charge in [0, 0.05) is 23.4 Å². The van der Waals surface area contributed by atoms with Crippen molar-refractivity contribution in [3.63, 3.8) is 0 Å². The molecular weight excluding hydrogens is 390 g/mol. The van der Waals surface area contributed by atoms with Crippen molar-refractivity contribution in [2.24, 2.45) is 5.92 Å². The molecule has 1 aliphatic carbocycles. The van der Waals surface area contributed by atoms with E-state index in [2.05, 4.69) is 48.5 Å². The highest BCUT2D eigenvalue weighted by atomic mass is 16.5. The molecule has 1 fully saturated rings. The molecular formula is C25H33N3O3. The summed E-state index contributed by atoms with van der Waals surface area (Å²) in [6, 6.07) is 8.54. The lowest BCUT2D eigenvalue weighted by atomic mass is 9.86. The van der Waals surface area contributed by atoms with Crippen molar-refractivity contribution in [3.8, 4) is 0 Å². The largest absolute Gasteiger partial charge is 0.452 e. The Kier molecular flexibility index (Phi) is 7.66. The number of esters is 1. The summed E-state index contributed by atoms with van der Waals surface area (Å²) in [7, 11) is 0. The first-order chi connectivity index (χ1) is 14.8. The quantitative estimate of drug-likeness (QED) is 0.537. The first kappa shape index (κ1) is 22.8. The molecule has 31 heavy (non-hydrogen) atoms. The van der Waals surface area contributed by atoms with Crippen LogP contribution in [0.15, 0.2) is 30.3 Å². The molecule has 1 aromatic heterocycles. The van der Waals surface area contributed by atoms with Gasteiger partial charge in [0.15, 0.2) is 6.61 Å². The number of aryl methyl sites for hydroxylation is 2. The Bertz CT molecular complexity index is 944. The monoisotopic (exact) mass is 423 g/mol. The standard InChI is InChI=1S/C25H33N3O3/c1-17-9-11-21(12-10-17)15-28-20(4)22(19(3)27-28)13-14-25(30)31-16-24(29)26-23-8-6-5-7-18(23)2/h9-14,18,23H,5-8,15-16H2,1-4H3,(H,26,29)/b14-13+. The molecule has 3 rings (SSSR count). The lowest BCUT2D eigenvalue weighted by molar-refractivity contribution is -0.144.